The van der Waals surface area contributed by atoms with Crippen molar-refractivity contribution in [3.05, 3.63) is 12.2 Å². The van der Waals surface area contributed by atoms with Crippen molar-refractivity contribution in [1.82, 2.24) is 5.48 Å². The molecule has 0 aliphatic heterocycles. The third-order valence-electron chi connectivity index (χ3n) is 1.31. The highest BCUT2D eigenvalue weighted by molar-refractivity contribution is 5.88. The van der Waals surface area contributed by atoms with E-state index in [2.05, 4.69) is 11.4 Å². The topological polar surface area (TPSA) is 75.6 Å². The number of hydrogen-bond donors (Lipinski definition) is 2. The Bertz CT molecular complexity index is 212. The lowest BCUT2D eigenvalue weighted by Crippen LogP contribution is -2.27. The zero-order valence-electron chi connectivity index (χ0n) is 7.50. The molecule has 5 nitrogen and oxygen atoms in total. The summed E-state index contributed by atoms with van der Waals surface area (Å²) >= 11 is 0. The van der Waals surface area contributed by atoms with Crippen LogP contribution in [0.15, 0.2) is 12.2 Å². The minimum atomic E-state index is -0.659. The number of hydroxylamine groups is 1. The van der Waals surface area contributed by atoms with Crippen LogP contribution >= 0.6 is 0 Å². The summed E-state index contributed by atoms with van der Waals surface area (Å²) < 4.78 is 0. The number of aliphatic hydroxyl groups excluding tert-OH is 1. The van der Waals surface area contributed by atoms with Crippen LogP contribution in [0.2, 0.25) is 0 Å². The predicted molar refractivity (Wildman–Crippen MR) is 45.4 cm³/mol. The number of aliphatic hydroxyl groups is 1. The van der Waals surface area contributed by atoms with Crippen molar-refractivity contribution in [3.63, 3.8) is 0 Å². The van der Waals surface area contributed by atoms with E-state index in [1.54, 1.807) is 6.92 Å². The Morgan fingerprint density at radius 3 is 2.62 bits per heavy atom. The van der Waals surface area contributed by atoms with Gasteiger partial charge in [-0.2, -0.15) is 5.48 Å². The molecule has 0 spiro atoms. The summed E-state index contributed by atoms with van der Waals surface area (Å²) in [6.07, 6.45) is 0.376. The summed E-state index contributed by atoms with van der Waals surface area (Å²) in [5.41, 5.74) is 2.17. The summed E-state index contributed by atoms with van der Waals surface area (Å²) in [5.74, 6) is -1.20. The first-order valence-corrected chi connectivity index (χ1v) is 3.90. The molecule has 1 amide bonds. The molecule has 13 heavy (non-hydrogen) atoms. The molecule has 0 fully saturated rings. The number of rotatable bonds is 4. The Hall–Kier alpha value is -1.36. The van der Waals surface area contributed by atoms with Crippen LogP contribution in [0, 0.1) is 0 Å². The van der Waals surface area contributed by atoms with E-state index in [0.717, 1.165) is 0 Å². The fourth-order valence-corrected chi connectivity index (χ4v) is 0.472. The Balaban J connectivity index is 3.70. The lowest BCUT2D eigenvalue weighted by molar-refractivity contribution is -0.154. The SMILES string of the molecule is C=C(CC)C(=O)ONC(=O)CCO. The quantitative estimate of drug-likeness (QED) is 0.476. The highest BCUT2D eigenvalue weighted by Gasteiger charge is 2.08. The van der Waals surface area contributed by atoms with Crippen LogP contribution in [0.1, 0.15) is 19.8 Å². The number of carbonyl (C=O) groups is 2. The van der Waals surface area contributed by atoms with Gasteiger partial charge in [0.15, 0.2) is 0 Å². The smallest absolute Gasteiger partial charge is 0.358 e. The zero-order valence-corrected chi connectivity index (χ0v) is 7.50. The molecule has 0 aliphatic rings. The van der Waals surface area contributed by atoms with Gasteiger partial charge >= 0.3 is 5.97 Å². The lowest BCUT2D eigenvalue weighted by Gasteiger charge is -2.04. The van der Waals surface area contributed by atoms with E-state index in [1.165, 1.54) is 0 Å². The van der Waals surface area contributed by atoms with Crippen LogP contribution in [0.25, 0.3) is 0 Å². The van der Waals surface area contributed by atoms with Gasteiger partial charge in [0.1, 0.15) is 0 Å². The lowest BCUT2D eigenvalue weighted by atomic mass is 10.2. The van der Waals surface area contributed by atoms with Crippen molar-refractivity contribution in [1.29, 1.82) is 0 Å². The third kappa shape index (κ3) is 4.97. The van der Waals surface area contributed by atoms with Crippen molar-refractivity contribution in [2.45, 2.75) is 19.8 Å². The average molecular weight is 187 g/mol. The van der Waals surface area contributed by atoms with Crippen molar-refractivity contribution < 1.29 is 19.5 Å². The second-order valence-electron chi connectivity index (χ2n) is 2.35. The number of nitrogens with one attached hydrogen (secondary N) is 1. The Morgan fingerprint density at radius 1 is 1.54 bits per heavy atom. The van der Waals surface area contributed by atoms with Crippen molar-refractivity contribution in [2.24, 2.45) is 0 Å². The molecular weight excluding hydrogens is 174 g/mol. The van der Waals surface area contributed by atoms with E-state index >= 15 is 0 Å². The Kier molecular flexibility index (Phi) is 5.54. The van der Waals surface area contributed by atoms with Gasteiger partial charge in [0.2, 0.25) is 0 Å². The first-order chi connectivity index (χ1) is 6.11. The minimum Gasteiger partial charge on any atom is -0.396 e. The molecule has 0 aliphatic carbocycles. The van der Waals surface area contributed by atoms with Crippen LogP contribution in [0.4, 0.5) is 0 Å². The molecule has 0 saturated carbocycles. The molecule has 5 heteroatoms. The monoisotopic (exact) mass is 187 g/mol. The van der Waals surface area contributed by atoms with E-state index in [0.29, 0.717) is 6.42 Å². The molecule has 0 saturated heterocycles. The Labute approximate surface area is 76.3 Å². The second-order valence-corrected chi connectivity index (χ2v) is 2.35. The van der Waals surface area contributed by atoms with Gasteiger partial charge in [-0.3, -0.25) is 4.79 Å². The third-order valence-corrected chi connectivity index (χ3v) is 1.31. The number of hydrogen-bond acceptors (Lipinski definition) is 4. The van der Waals surface area contributed by atoms with E-state index in [4.69, 9.17) is 5.11 Å². The van der Waals surface area contributed by atoms with E-state index in [9.17, 15) is 9.59 Å². The van der Waals surface area contributed by atoms with Crippen LogP contribution in [0.3, 0.4) is 0 Å². The van der Waals surface area contributed by atoms with Crippen LogP contribution in [-0.4, -0.2) is 23.6 Å². The highest BCUT2D eigenvalue weighted by atomic mass is 16.7. The van der Waals surface area contributed by atoms with Crippen molar-refractivity contribution >= 4 is 11.9 Å². The first kappa shape index (κ1) is 11.6. The first-order valence-electron chi connectivity index (χ1n) is 3.90. The summed E-state index contributed by atoms with van der Waals surface area (Å²) in [6, 6.07) is 0. The summed E-state index contributed by atoms with van der Waals surface area (Å²) in [7, 11) is 0. The molecule has 0 aromatic carbocycles. The predicted octanol–water partition coefficient (Wildman–Crippen LogP) is -0.0906. The summed E-state index contributed by atoms with van der Waals surface area (Å²) in [5, 5.41) is 8.34. The molecule has 0 atom stereocenters. The fraction of sp³-hybridized carbons (Fsp3) is 0.500. The van der Waals surface area contributed by atoms with Gasteiger partial charge in [-0.25, -0.2) is 4.79 Å². The van der Waals surface area contributed by atoms with Crippen LogP contribution < -0.4 is 5.48 Å². The second kappa shape index (κ2) is 6.19. The number of carbonyl (C=O) groups excluding carboxylic acids is 2. The molecular formula is C8H13NO4. The van der Waals surface area contributed by atoms with E-state index in [1.807, 2.05) is 5.48 Å². The van der Waals surface area contributed by atoms with E-state index in [-0.39, 0.29) is 18.6 Å². The van der Waals surface area contributed by atoms with Gasteiger partial charge in [0.05, 0.1) is 13.0 Å². The fourth-order valence-electron chi connectivity index (χ4n) is 0.472. The van der Waals surface area contributed by atoms with Crippen LogP contribution in [-0.2, 0) is 14.4 Å². The van der Waals surface area contributed by atoms with Gasteiger partial charge in [0.25, 0.3) is 5.91 Å². The molecule has 2 N–H and O–H groups in total. The normalized spacial score (nSPS) is 9.08. The maximum Gasteiger partial charge on any atom is 0.358 e. The molecule has 0 bridgehead atoms. The zero-order chi connectivity index (χ0) is 10.3. The molecule has 0 aromatic rings. The minimum absolute atomic E-state index is 0.0914. The molecule has 74 valence electrons. The Morgan fingerprint density at radius 2 is 2.15 bits per heavy atom. The maximum absolute atomic E-state index is 10.9. The molecule has 0 heterocycles. The molecule has 0 aromatic heterocycles. The average Bonchev–Trinajstić information content (AvgIpc) is 2.13. The molecule has 0 unspecified atom stereocenters. The largest absolute Gasteiger partial charge is 0.396 e. The van der Waals surface area contributed by atoms with Crippen molar-refractivity contribution in [3.8, 4) is 0 Å². The summed E-state index contributed by atoms with van der Waals surface area (Å²) in [6.45, 7) is 4.89. The van der Waals surface area contributed by atoms with E-state index < -0.39 is 11.9 Å². The standard InChI is InChI=1S/C8H13NO4/c1-3-6(2)8(12)13-9-7(11)4-5-10/h10H,2-5H2,1H3,(H,9,11). The molecule has 0 radical (unpaired) electrons. The van der Waals surface area contributed by atoms with Gasteiger partial charge in [-0.1, -0.05) is 13.5 Å². The van der Waals surface area contributed by atoms with Crippen LogP contribution in [0.5, 0.6) is 0 Å². The number of amides is 1. The van der Waals surface area contributed by atoms with Gasteiger partial charge in [-0.15, -0.1) is 0 Å². The summed E-state index contributed by atoms with van der Waals surface area (Å²) in [4.78, 5) is 25.9. The maximum atomic E-state index is 10.9. The van der Waals surface area contributed by atoms with Gasteiger partial charge in [-0.05, 0) is 6.42 Å². The van der Waals surface area contributed by atoms with Gasteiger partial charge < -0.3 is 9.94 Å². The van der Waals surface area contributed by atoms with Gasteiger partial charge in [0, 0.05) is 5.57 Å². The van der Waals surface area contributed by atoms with Crippen molar-refractivity contribution in [2.75, 3.05) is 6.61 Å². The molecule has 0 rings (SSSR count). The highest BCUT2D eigenvalue weighted by Crippen LogP contribution is 1.97.